The van der Waals surface area contributed by atoms with Gasteiger partial charge in [-0.1, -0.05) is 0 Å². The van der Waals surface area contributed by atoms with E-state index in [2.05, 4.69) is 5.10 Å². The van der Waals surface area contributed by atoms with E-state index >= 15 is 0 Å². The minimum Gasteiger partial charge on any atom is -0.330 e. The maximum Gasteiger partial charge on any atom is 0.194 e. The van der Waals surface area contributed by atoms with Crippen LogP contribution in [0, 0.1) is 0 Å². The zero-order valence-corrected chi connectivity index (χ0v) is 8.50. The van der Waals surface area contributed by atoms with Crippen molar-refractivity contribution in [3.63, 3.8) is 0 Å². The van der Waals surface area contributed by atoms with Gasteiger partial charge in [0.1, 0.15) is 0 Å². The van der Waals surface area contributed by atoms with Crippen LogP contribution in [0.25, 0.3) is 0 Å². The van der Waals surface area contributed by atoms with Gasteiger partial charge in [0.25, 0.3) is 0 Å². The Hall–Kier alpha value is -0.880. The maximum atomic E-state index is 11.2. The molecule has 1 heterocycles. The molecule has 0 atom stereocenters. The molecular weight excluding hydrogens is 190 g/mol. The van der Waals surface area contributed by atoms with Crippen molar-refractivity contribution in [1.29, 1.82) is 0 Å². The normalized spacial score (nSPS) is 11.9. The Morgan fingerprint density at radius 1 is 1.62 bits per heavy atom. The fourth-order valence-corrected chi connectivity index (χ4v) is 2.06. The highest BCUT2D eigenvalue weighted by Gasteiger charge is 2.16. The van der Waals surface area contributed by atoms with Crippen LogP contribution >= 0.6 is 0 Å². The fourth-order valence-electron chi connectivity index (χ4n) is 1.16. The molecule has 13 heavy (non-hydrogen) atoms. The zero-order valence-electron chi connectivity index (χ0n) is 7.69. The molecule has 0 aromatic carbocycles. The van der Waals surface area contributed by atoms with Gasteiger partial charge in [-0.05, 0) is 13.0 Å². The molecule has 0 amide bonds. The van der Waals surface area contributed by atoms with E-state index < -0.39 is 9.84 Å². The zero-order chi connectivity index (χ0) is 10.1. The third kappa shape index (κ3) is 2.28. The van der Waals surface area contributed by atoms with Crippen LogP contribution in [0.3, 0.4) is 0 Å². The molecule has 0 saturated heterocycles. The Kier molecular flexibility index (Phi) is 2.72. The number of rotatable bonds is 3. The largest absolute Gasteiger partial charge is 0.330 e. The van der Waals surface area contributed by atoms with Crippen LogP contribution in [0.5, 0.6) is 0 Å². The molecule has 6 heteroatoms. The number of aryl methyl sites for hydroxylation is 1. The maximum absolute atomic E-state index is 11.2. The van der Waals surface area contributed by atoms with Gasteiger partial charge < -0.3 is 5.73 Å². The first-order valence-corrected chi connectivity index (χ1v) is 5.77. The van der Waals surface area contributed by atoms with E-state index in [1.807, 2.05) is 0 Å². The Morgan fingerprint density at radius 2 is 2.23 bits per heavy atom. The van der Waals surface area contributed by atoms with Gasteiger partial charge in [0.05, 0.1) is 0 Å². The van der Waals surface area contributed by atoms with E-state index in [4.69, 9.17) is 5.73 Å². The summed E-state index contributed by atoms with van der Waals surface area (Å²) in [6.07, 6.45) is 3.37. The molecule has 0 spiro atoms. The van der Waals surface area contributed by atoms with E-state index in [9.17, 15) is 8.42 Å². The molecule has 5 nitrogen and oxygen atoms in total. The lowest BCUT2D eigenvalue weighted by Crippen LogP contribution is -2.07. The standard InChI is InChI=1S/C7H13N3O2S/c1-10-5-6(3-4-8)7(9-10)13(2,11)12/h5H,3-4,8H2,1-2H3. The second-order valence-corrected chi connectivity index (χ2v) is 4.88. The number of hydrogen-bond acceptors (Lipinski definition) is 4. The minimum absolute atomic E-state index is 0.139. The molecule has 2 N–H and O–H groups in total. The summed E-state index contributed by atoms with van der Waals surface area (Å²) in [7, 11) is -1.53. The lowest BCUT2D eigenvalue weighted by atomic mass is 10.3. The van der Waals surface area contributed by atoms with Crippen molar-refractivity contribution in [3.8, 4) is 0 Å². The average molecular weight is 203 g/mol. The van der Waals surface area contributed by atoms with Crippen LogP contribution in [-0.2, 0) is 23.3 Å². The van der Waals surface area contributed by atoms with Crippen molar-refractivity contribution >= 4 is 9.84 Å². The summed E-state index contributed by atoms with van der Waals surface area (Å²) in [4.78, 5) is 0. The molecule has 0 unspecified atom stereocenters. The lowest BCUT2D eigenvalue weighted by Gasteiger charge is -1.96. The predicted octanol–water partition coefficient (Wildman–Crippen LogP) is -0.675. The third-order valence-corrected chi connectivity index (χ3v) is 2.68. The monoisotopic (exact) mass is 203 g/mol. The van der Waals surface area contributed by atoms with Crippen LogP contribution in [0.4, 0.5) is 0 Å². The van der Waals surface area contributed by atoms with Gasteiger partial charge in [-0.25, -0.2) is 8.42 Å². The topological polar surface area (TPSA) is 78.0 Å². The van der Waals surface area contributed by atoms with Gasteiger partial charge in [-0.15, -0.1) is 0 Å². The van der Waals surface area contributed by atoms with Crippen LogP contribution in [0.2, 0.25) is 0 Å². The van der Waals surface area contributed by atoms with Gasteiger partial charge in [0.15, 0.2) is 14.9 Å². The number of nitrogens with two attached hydrogens (primary N) is 1. The summed E-state index contributed by atoms with van der Waals surface area (Å²) < 4.78 is 23.9. The van der Waals surface area contributed by atoms with Gasteiger partial charge in [0.2, 0.25) is 0 Å². The number of hydrogen-bond donors (Lipinski definition) is 1. The van der Waals surface area contributed by atoms with Crippen molar-refractivity contribution in [3.05, 3.63) is 11.8 Å². The summed E-state index contributed by atoms with van der Waals surface area (Å²) in [6.45, 7) is 0.425. The van der Waals surface area contributed by atoms with Gasteiger partial charge in [-0.3, -0.25) is 4.68 Å². The van der Waals surface area contributed by atoms with Crippen LogP contribution in [0.15, 0.2) is 11.2 Å². The first-order chi connectivity index (χ1) is 5.95. The summed E-state index contributed by atoms with van der Waals surface area (Å²) in [5.74, 6) is 0. The smallest absolute Gasteiger partial charge is 0.194 e. The Bertz CT molecular complexity index is 394. The molecular formula is C7H13N3O2S. The van der Waals surface area contributed by atoms with Crippen LogP contribution < -0.4 is 5.73 Å². The quantitative estimate of drug-likeness (QED) is 0.706. The number of nitrogens with zero attached hydrogens (tertiary/aromatic N) is 2. The Labute approximate surface area is 77.5 Å². The molecule has 0 aliphatic rings. The summed E-state index contributed by atoms with van der Waals surface area (Å²) in [5, 5.41) is 4.01. The number of sulfone groups is 1. The molecule has 0 saturated carbocycles. The fraction of sp³-hybridized carbons (Fsp3) is 0.571. The van der Waals surface area contributed by atoms with Gasteiger partial charge in [0, 0.05) is 25.1 Å². The van der Waals surface area contributed by atoms with Crippen molar-refractivity contribution in [2.24, 2.45) is 12.8 Å². The van der Waals surface area contributed by atoms with E-state index in [-0.39, 0.29) is 5.03 Å². The SMILES string of the molecule is Cn1cc(CCN)c(S(C)(=O)=O)n1. The highest BCUT2D eigenvalue weighted by molar-refractivity contribution is 7.90. The van der Waals surface area contributed by atoms with E-state index in [0.29, 0.717) is 18.5 Å². The minimum atomic E-state index is -3.22. The summed E-state index contributed by atoms with van der Waals surface area (Å²) >= 11 is 0. The second-order valence-electron chi connectivity index (χ2n) is 2.94. The molecule has 0 fully saturated rings. The first kappa shape index (κ1) is 10.2. The van der Waals surface area contributed by atoms with Crippen LogP contribution in [0.1, 0.15) is 5.56 Å². The van der Waals surface area contributed by atoms with Crippen molar-refractivity contribution in [2.75, 3.05) is 12.8 Å². The van der Waals surface area contributed by atoms with E-state index in [0.717, 1.165) is 6.26 Å². The molecule has 1 aromatic rings. The first-order valence-electron chi connectivity index (χ1n) is 3.88. The highest BCUT2D eigenvalue weighted by atomic mass is 32.2. The molecule has 74 valence electrons. The average Bonchev–Trinajstić information content (AvgIpc) is 2.30. The summed E-state index contributed by atoms with van der Waals surface area (Å²) in [6, 6.07) is 0. The van der Waals surface area contributed by atoms with Gasteiger partial charge >= 0.3 is 0 Å². The molecule has 1 rings (SSSR count). The molecule has 0 radical (unpaired) electrons. The van der Waals surface area contributed by atoms with Crippen molar-refractivity contribution < 1.29 is 8.42 Å². The predicted molar refractivity (Wildman–Crippen MR) is 49.1 cm³/mol. The Morgan fingerprint density at radius 3 is 2.69 bits per heavy atom. The Balaban J connectivity index is 3.20. The highest BCUT2D eigenvalue weighted by Crippen LogP contribution is 2.12. The van der Waals surface area contributed by atoms with Crippen molar-refractivity contribution in [2.45, 2.75) is 11.4 Å². The molecule has 0 aliphatic heterocycles. The third-order valence-electron chi connectivity index (χ3n) is 1.63. The van der Waals surface area contributed by atoms with E-state index in [1.54, 1.807) is 13.2 Å². The van der Waals surface area contributed by atoms with E-state index in [1.165, 1.54) is 4.68 Å². The van der Waals surface area contributed by atoms with Gasteiger partial charge in [-0.2, -0.15) is 5.10 Å². The molecule has 1 aromatic heterocycles. The summed E-state index contributed by atoms with van der Waals surface area (Å²) in [5.41, 5.74) is 6.04. The molecule has 0 aliphatic carbocycles. The second kappa shape index (κ2) is 3.47. The van der Waals surface area contributed by atoms with Crippen LogP contribution in [-0.4, -0.2) is 31.0 Å². The lowest BCUT2D eigenvalue weighted by molar-refractivity contribution is 0.592. The van der Waals surface area contributed by atoms with Crippen molar-refractivity contribution in [1.82, 2.24) is 9.78 Å². The molecule has 0 bridgehead atoms. The number of aromatic nitrogens is 2.